The molecule has 0 aliphatic heterocycles. The number of hydrogen-bond donors (Lipinski definition) is 0. The minimum atomic E-state index is -0.819. The van der Waals surface area contributed by atoms with Gasteiger partial charge in [-0.1, -0.05) is 31.5 Å². The number of ketones is 1. The molecule has 0 bridgehead atoms. The lowest BCUT2D eigenvalue weighted by atomic mass is 9.99. The minimum Gasteiger partial charge on any atom is -0.493 e. The molecular formula is C26H32O6. The molecule has 0 N–H and O–H groups in total. The van der Waals surface area contributed by atoms with Crippen molar-refractivity contribution in [3.05, 3.63) is 41.5 Å². The van der Waals surface area contributed by atoms with Crippen molar-refractivity contribution in [2.45, 2.75) is 58.5 Å². The first-order chi connectivity index (χ1) is 15.3. The van der Waals surface area contributed by atoms with Crippen molar-refractivity contribution in [3.63, 3.8) is 0 Å². The predicted molar refractivity (Wildman–Crippen MR) is 123 cm³/mol. The zero-order chi connectivity index (χ0) is 23.3. The van der Waals surface area contributed by atoms with Gasteiger partial charge in [0.1, 0.15) is 12.2 Å². The van der Waals surface area contributed by atoms with E-state index in [4.69, 9.17) is 18.9 Å². The Hall–Kier alpha value is -3.02. The molecule has 0 unspecified atom stereocenters. The molecule has 0 aromatic heterocycles. The molecule has 0 amide bonds. The monoisotopic (exact) mass is 440 g/mol. The number of ether oxygens (including phenoxy) is 4. The lowest BCUT2D eigenvalue weighted by molar-refractivity contribution is -0.159. The third kappa shape index (κ3) is 5.23. The van der Waals surface area contributed by atoms with Gasteiger partial charge in [0, 0.05) is 24.0 Å². The van der Waals surface area contributed by atoms with Crippen LogP contribution in [0.15, 0.2) is 30.3 Å². The average Bonchev–Trinajstić information content (AvgIpc) is 3.15. The number of hydrogen-bond acceptors (Lipinski definition) is 6. The summed E-state index contributed by atoms with van der Waals surface area (Å²) in [6, 6.07) is 9.57. The Kier molecular flexibility index (Phi) is 7.44. The highest BCUT2D eigenvalue weighted by atomic mass is 16.6. The molecule has 1 aliphatic carbocycles. The van der Waals surface area contributed by atoms with Crippen LogP contribution in [0.3, 0.4) is 0 Å². The average molecular weight is 441 g/mol. The second kappa shape index (κ2) is 10.1. The van der Waals surface area contributed by atoms with Crippen molar-refractivity contribution in [3.8, 4) is 28.4 Å². The number of unbranched alkanes of at least 4 members (excludes halogenated alkanes) is 1. The van der Waals surface area contributed by atoms with Crippen LogP contribution in [0.1, 0.15) is 62.4 Å². The van der Waals surface area contributed by atoms with Crippen LogP contribution in [-0.2, 0) is 16.0 Å². The van der Waals surface area contributed by atoms with E-state index in [0.29, 0.717) is 30.1 Å². The van der Waals surface area contributed by atoms with Gasteiger partial charge >= 0.3 is 5.97 Å². The molecule has 172 valence electrons. The zero-order valence-electron chi connectivity index (χ0n) is 19.6. The van der Waals surface area contributed by atoms with E-state index >= 15 is 0 Å². The number of aryl methyl sites for hydroxylation is 1. The molecule has 6 heteroatoms. The van der Waals surface area contributed by atoms with E-state index in [1.807, 2.05) is 51.1 Å². The van der Waals surface area contributed by atoms with Crippen molar-refractivity contribution in [2.75, 3.05) is 20.8 Å². The second-order valence-electron chi connectivity index (χ2n) is 8.60. The van der Waals surface area contributed by atoms with Crippen LogP contribution in [-0.4, -0.2) is 38.2 Å². The third-order valence-corrected chi connectivity index (χ3v) is 5.53. The van der Waals surface area contributed by atoms with Crippen LogP contribution in [0.4, 0.5) is 0 Å². The quantitative estimate of drug-likeness (QED) is 0.461. The van der Waals surface area contributed by atoms with Crippen molar-refractivity contribution in [2.24, 2.45) is 0 Å². The number of carbonyl (C=O) groups excluding carboxylic acids is 2. The number of methoxy groups -OCH3 is 2. The van der Waals surface area contributed by atoms with Crippen LogP contribution < -0.4 is 14.2 Å². The van der Waals surface area contributed by atoms with E-state index in [2.05, 4.69) is 0 Å². The Morgan fingerprint density at radius 1 is 1.00 bits per heavy atom. The van der Waals surface area contributed by atoms with Gasteiger partial charge in [0.25, 0.3) is 0 Å². The van der Waals surface area contributed by atoms with Crippen LogP contribution in [0.25, 0.3) is 11.1 Å². The summed E-state index contributed by atoms with van der Waals surface area (Å²) in [7, 11) is 3.13. The summed E-state index contributed by atoms with van der Waals surface area (Å²) in [5.41, 5.74) is 2.75. The van der Waals surface area contributed by atoms with E-state index in [1.54, 1.807) is 14.2 Å². The molecule has 32 heavy (non-hydrogen) atoms. The lowest BCUT2D eigenvalue weighted by Crippen LogP contribution is -2.35. The minimum absolute atomic E-state index is 0.144. The van der Waals surface area contributed by atoms with E-state index in [9.17, 15) is 9.59 Å². The predicted octanol–water partition coefficient (Wildman–Crippen LogP) is 5.39. The van der Waals surface area contributed by atoms with Gasteiger partial charge in [-0.15, -0.1) is 0 Å². The highest BCUT2D eigenvalue weighted by Gasteiger charge is 2.27. The molecule has 0 saturated heterocycles. The normalized spacial score (nSPS) is 13.0. The lowest BCUT2D eigenvalue weighted by Gasteiger charge is -2.27. The highest BCUT2D eigenvalue weighted by Crippen LogP contribution is 2.45. The smallest absolute Gasteiger partial charge is 0.306 e. The number of esters is 1. The van der Waals surface area contributed by atoms with Crippen molar-refractivity contribution in [1.82, 2.24) is 0 Å². The van der Waals surface area contributed by atoms with Crippen molar-refractivity contribution in [1.29, 1.82) is 0 Å². The summed E-state index contributed by atoms with van der Waals surface area (Å²) < 4.78 is 22.9. The molecule has 3 rings (SSSR count). The van der Waals surface area contributed by atoms with Crippen LogP contribution in [0, 0.1) is 0 Å². The molecule has 0 radical (unpaired) electrons. The maximum absolute atomic E-state index is 12.1. The maximum atomic E-state index is 12.1. The second-order valence-corrected chi connectivity index (χ2v) is 8.60. The molecular weight excluding hydrogens is 408 g/mol. The topological polar surface area (TPSA) is 71.1 Å². The van der Waals surface area contributed by atoms with Crippen molar-refractivity contribution >= 4 is 11.8 Å². The van der Waals surface area contributed by atoms with Gasteiger partial charge in [0.05, 0.1) is 14.2 Å². The molecule has 0 spiro atoms. The zero-order valence-corrected chi connectivity index (χ0v) is 19.6. The van der Waals surface area contributed by atoms with Crippen LogP contribution in [0.5, 0.6) is 17.2 Å². The molecule has 2 aromatic carbocycles. The first-order valence-electron chi connectivity index (χ1n) is 11.1. The molecule has 2 aromatic rings. The van der Waals surface area contributed by atoms with Gasteiger partial charge < -0.3 is 18.9 Å². The van der Waals surface area contributed by atoms with Crippen LogP contribution >= 0.6 is 0 Å². The Morgan fingerprint density at radius 3 is 2.44 bits per heavy atom. The summed E-state index contributed by atoms with van der Waals surface area (Å²) in [5, 5.41) is 0. The van der Waals surface area contributed by atoms with Gasteiger partial charge in [-0.3, -0.25) is 9.59 Å². The first-order valence-corrected chi connectivity index (χ1v) is 11.1. The standard InChI is InChI=1S/C26H32O6/c1-6-7-8-23(28)32-26(2,3)16-31-24-20(12-14-22(29-4)25(24)30-5)18-9-11-19-17(15-18)10-13-21(19)27/h9,11-12,14-15H,6-8,10,13,16H2,1-5H3. The van der Waals surface area contributed by atoms with E-state index in [0.717, 1.165) is 41.5 Å². The Bertz CT molecular complexity index is 992. The number of benzene rings is 2. The Morgan fingerprint density at radius 2 is 1.75 bits per heavy atom. The fraction of sp³-hybridized carbons (Fsp3) is 0.462. The summed E-state index contributed by atoms with van der Waals surface area (Å²) in [5.74, 6) is 1.47. The number of rotatable bonds is 10. The van der Waals surface area contributed by atoms with E-state index in [1.165, 1.54) is 0 Å². The molecule has 0 saturated carbocycles. The number of fused-ring (bicyclic) bond motifs is 1. The van der Waals surface area contributed by atoms with Crippen LogP contribution in [0.2, 0.25) is 0 Å². The molecule has 0 atom stereocenters. The Labute approximate surface area is 189 Å². The van der Waals surface area contributed by atoms with Gasteiger partial charge in [0.2, 0.25) is 5.75 Å². The largest absolute Gasteiger partial charge is 0.493 e. The summed E-state index contributed by atoms with van der Waals surface area (Å²) in [6.07, 6.45) is 3.41. The summed E-state index contributed by atoms with van der Waals surface area (Å²) in [4.78, 5) is 24.2. The van der Waals surface area contributed by atoms with Gasteiger partial charge in [0.15, 0.2) is 17.3 Å². The van der Waals surface area contributed by atoms with Gasteiger partial charge in [-0.2, -0.15) is 0 Å². The van der Waals surface area contributed by atoms with E-state index in [-0.39, 0.29) is 18.4 Å². The first kappa shape index (κ1) is 23.6. The fourth-order valence-corrected chi connectivity index (χ4v) is 3.85. The fourth-order valence-electron chi connectivity index (χ4n) is 3.85. The van der Waals surface area contributed by atoms with E-state index < -0.39 is 5.60 Å². The maximum Gasteiger partial charge on any atom is 0.306 e. The molecule has 6 nitrogen and oxygen atoms in total. The summed E-state index contributed by atoms with van der Waals surface area (Å²) in [6.45, 7) is 5.83. The summed E-state index contributed by atoms with van der Waals surface area (Å²) >= 11 is 0. The molecule has 0 heterocycles. The Balaban J connectivity index is 1.92. The van der Waals surface area contributed by atoms with Gasteiger partial charge in [-0.25, -0.2) is 0 Å². The van der Waals surface area contributed by atoms with Gasteiger partial charge in [-0.05, 0) is 49.9 Å². The number of Topliss-reactive ketones (excluding diaryl/α,β-unsaturated/α-hetero) is 1. The third-order valence-electron chi connectivity index (χ3n) is 5.53. The molecule has 0 fully saturated rings. The molecule has 1 aliphatic rings. The SMILES string of the molecule is CCCCC(=O)OC(C)(C)COc1c(-c2ccc3c(c2)CCC3=O)ccc(OC)c1OC. The van der Waals surface area contributed by atoms with Crippen molar-refractivity contribution < 1.29 is 28.5 Å². The number of carbonyl (C=O) groups is 2. The highest BCUT2D eigenvalue weighted by molar-refractivity contribution is 6.01.